The molecular formula is C20H22F6. The van der Waals surface area contributed by atoms with Crippen molar-refractivity contribution in [3.05, 3.63) is 41.0 Å². The topological polar surface area (TPSA) is 0 Å². The number of benzene rings is 1. The lowest BCUT2D eigenvalue weighted by molar-refractivity contribution is -0.166. The van der Waals surface area contributed by atoms with Crippen LogP contribution in [-0.2, 0) is 0 Å². The van der Waals surface area contributed by atoms with Gasteiger partial charge in [0.2, 0.25) is 0 Å². The van der Waals surface area contributed by atoms with Gasteiger partial charge in [-0.3, -0.25) is 0 Å². The first kappa shape index (κ1) is 19.3. The first-order chi connectivity index (χ1) is 12.1. The molecule has 1 aromatic rings. The Balaban J connectivity index is 1.82. The lowest BCUT2D eigenvalue weighted by Crippen LogP contribution is -2.34. The van der Waals surface area contributed by atoms with Gasteiger partial charge in [-0.05, 0) is 66.9 Å². The first-order valence-corrected chi connectivity index (χ1v) is 9.11. The predicted molar refractivity (Wildman–Crippen MR) is 88.5 cm³/mol. The Morgan fingerprint density at radius 1 is 0.962 bits per heavy atom. The summed E-state index contributed by atoms with van der Waals surface area (Å²) in [5.41, 5.74) is -0.950. The average molecular weight is 376 g/mol. The molecule has 0 heterocycles. The second-order valence-electron chi connectivity index (χ2n) is 7.54. The van der Waals surface area contributed by atoms with E-state index in [2.05, 4.69) is 6.92 Å². The zero-order valence-corrected chi connectivity index (χ0v) is 14.6. The quantitative estimate of drug-likeness (QED) is 0.492. The van der Waals surface area contributed by atoms with Gasteiger partial charge in [-0.25, -0.2) is 8.78 Å². The molecule has 3 rings (SSSR count). The van der Waals surface area contributed by atoms with E-state index in [1.165, 1.54) is 0 Å². The molecule has 0 nitrogen and oxygen atoms in total. The zero-order chi connectivity index (χ0) is 19.1. The fourth-order valence-corrected chi connectivity index (χ4v) is 4.22. The molecule has 6 heteroatoms. The molecular weight excluding hydrogens is 354 g/mol. The molecule has 1 aromatic carbocycles. The Hall–Kier alpha value is -1.46. The Morgan fingerprint density at radius 3 is 2.00 bits per heavy atom. The van der Waals surface area contributed by atoms with Crippen molar-refractivity contribution >= 4 is 5.57 Å². The van der Waals surface area contributed by atoms with Gasteiger partial charge in [-0.15, -0.1) is 0 Å². The molecule has 0 bridgehead atoms. The maximum atomic E-state index is 14.4. The number of alkyl halides is 4. The van der Waals surface area contributed by atoms with E-state index >= 15 is 0 Å². The third kappa shape index (κ3) is 3.52. The minimum absolute atomic E-state index is 0.00980. The Kier molecular flexibility index (Phi) is 5.15. The van der Waals surface area contributed by atoms with Crippen LogP contribution < -0.4 is 0 Å². The summed E-state index contributed by atoms with van der Waals surface area (Å²) in [6, 6.07) is 2.25. The summed E-state index contributed by atoms with van der Waals surface area (Å²) >= 11 is 0. The van der Waals surface area contributed by atoms with Gasteiger partial charge in [0.05, 0.1) is 0 Å². The summed E-state index contributed by atoms with van der Waals surface area (Å²) in [5, 5.41) is 0. The molecule has 1 fully saturated rings. The van der Waals surface area contributed by atoms with E-state index in [0.29, 0.717) is 11.5 Å². The molecule has 0 amide bonds. The lowest BCUT2D eigenvalue weighted by Gasteiger charge is -2.29. The van der Waals surface area contributed by atoms with E-state index in [1.54, 1.807) is 0 Å². The monoisotopic (exact) mass is 376 g/mol. The van der Waals surface area contributed by atoms with Gasteiger partial charge in [-0.1, -0.05) is 19.8 Å². The molecule has 1 saturated carbocycles. The van der Waals surface area contributed by atoms with Crippen LogP contribution in [0.15, 0.2) is 18.2 Å². The van der Waals surface area contributed by atoms with Gasteiger partial charge < -0.3 is 0 Å². The maximum Gasteiger partial charge on any atom is 0.329 e. The highest BCUT2D eigenvalue weighted by Crippen LogP contribution is 2.50. The van der Waals surface area contributed by atoms with Crippen LogP contribution in [-0.4, -0.2) is 11.8 Å². The van der Waals surface area contributed by atoms with E-state index in [1.807, 2.05) is 0 Å². The van der Waals surface area contributed by atoms with Crippen LogP contribution in [0, 0.1) is 17.6 Å². The molecule has 0 atom stereocenters. The molecule has 0 aromatic heterocycles. The van der Waals surface area contributed by atoms with Gasteiger partial charge in [0.1, 0.15) is 11.6 Å². The van der Waals surface area contributed by atoms with Crippen molar-refractivity contribution in [2.75, 3.05) is 0 Å². The molecule has 2 aliphatic rings. The van der Waals surface area contributed by atoms with Crippen molar-refractivity contribution in [1.82, 2.24) is 0 Å². The fraction of sp³-hybridized carbons (Fsp3) is 0.600. The second kappa shape index (κ2) is 6.93. The predicted octanol–water partition coefficient (Wildman–Crippen LogP) is 7.10. The summed E-state index contributed by atoms with van der Waals surface area (Å²) in [7, 11) is 0. The number of rotatable bonds is 4. The molecule has 26 heavy (non-hydrogen) atoms. The van der Waals surface area contributed by atoms with Crippen molar-refractivity contribution in [2.24, 2.45) is 5.92 Å². The smallest absolute Gasteiger partial charge is 0.206 e. The van der Waals surface area contributed by atoms with Gasteiger partial charge in [0.25, 0.3) is 0 Å². The fourth-order valence-electron chi connectivity index (χ4n) is 4.22. The minimum atomic E-state index is -4.39. The summed E-state index contributed by atoms with van der Waals surface area (Å²) < 4.78 is 82.2. The second-order valence-corrected chi connectivity index (χ2v) is 7.54. The van der Waals surface area contributed by atoms with Crippen molar-refractivity contribution in [2.45, 2.75) is 69.6 Å². The molecule has 0 aliphatic heterocycles. The standard InChI is InChI=1S/C20H22F6/c1-2-3-12-4-6-13(7-5-12)14-8-16(21)18(17(22)9-14)15-10-19(23,24)20(25,26)11-15/h8-10,12-13H,2-7,11H2,1H3. The zero-order valence-electron chi connectivity index (χ0n) is 14.6. The van der Waals surface area contributed by atoms with E-state index in [4.69, 9.17) is 0 Å². The van der Waals surface area contributed by atoms with Crippen LogP contribution in [0.2, 0.25) is 0 Å². The van der Waals surface area contributed by atoms with E-state index < -0.39 is 41.0 Å². The molecule has 0 saturated heterocycles. The van der Waals surface area contributed by atoms with Crippen LogP contribution in [0.4, 0.5) is 26.3 Å². The molecule has 2 aliphatic carbocycles. The SMILES string of the molecule is CCCC1CCC(c2cc(F)c(C3=CC(F)(F)C(F)(F)C3)c(F)c2)CC1. The summed E-state index contributed by atoms with van der Waals surface area (Å²) in [6.07, 6.45) is 4.51. The Morgan fingerprint density at radius 2 is 1.54 bits per heavy atom. The van der Waals surface area contributed by atoms with E-state index in [0.717, 1.165) is 50.7 Å². The third-order valence-electron chi connectivity index (χ3n) is 5.66. The summed E-state index contributed by atoms with van der Waals surface area (Å²) in [4.78, 5) is 0. The number of allylic oxidation sites excluding steroid dienone is 2. The highest BCUT2D eigenvalue weighted by Gasteiger charge is 2.59. The molecule has 144 valence electrons. The number of halogens is 6. The average Bonchev–Trinajstić information content (AvgIpc) is 2.75. The van der Waals surface area contributed by atoms with Crippen molar-refractivity contribution in [3.8, 4) is 0 Å². The highest BCUT2D eigenvalue weighted by molar-refractivity contribution is 5.71. The van der Waals surface area contributed by atoms with Gasteiger partial charge >= 0.3 is 11.8 Å². The van der Waals surface area contributed by atoms with Crippen molar-refractivity contribution < 1.29 is 26.3 Å². The third-order valence-corrected chi connectivity index (χ3v) is 5.66. The molecule has 0 N–H and O–H groups in total. The van der Waals surface area contributed by atoms with E-state index in [-0.39, 0.29) is 12.0 Å². The van der Waals surface area contributed by atoms with Crippen LogP contribution in [0.5, 0.6) is 0 Å². The van der Waals surface area contributed by atoms with Gasteiger partial charge in [0.15, 0.2) is 0 Å². The van der Waals surface area contributed by atoms with E-state index in [9.17, 15) is 26.3 Å². The number of hydrogen-bond donors (Lipinski definition) is 0. The Bertz CT molecular complexity index is 675. The Labute approximate surface area is 149 Å². The van der Waals surface area contributed by atoms with Crippen LogP contribution in [0.1, 0.15) is 68.9 Å². The highest BCUT2D eigenvalue weighted by atomic mass is 19.3. The number of hydrogen-bond acceptors (Lipinski definition) is 0. The summed E-state index contributed by atoms with van der Waals surface area (Å²) in [5.74, 6) is -10.2. The lowest BCUT2D eigenvalue weighted by atomic mass is 9.77. The van der Waals surface area contributed by atoms with Crippen molar-refractivity contribution in [1.29, 1.82) is 0 Å². The maximum absolute atomic E-state index is 14.4. The van der Waals surface area contributed by atoms with Crippen LogP contribution in [0.25, 0.3) is 5.57 Å². The molecule has 0 radical (unpaired) electrons. The van der Waals surface area contributed by atoms with Crippen LogP contribution >= 0.6 is 0 Å². The minimum Gasteiger partial charge on any atom is -0.206 e. The first-order valence-electron chi connectivity index (χ1n) is 9.11. The molecule has 0 spiro atoms. The van der Waals surface area contributed by atoms with Crippen molar-refractivity contribution in [3.63, 3.8) is 0 Å². The van der Waals surface area contributed by atoms with Gasteiger partial charge in [0, 0.05) is 12.0 Å². The largest absolute Gasteiger partial charge is 0.329 e. The summed E-state index contributed by atoms with van der Waals surface area (Å²) in [6.45, 7) is 2.13. The van der Waals surface area contributed by atoms with Gasteiger partial charge in [-0.2, -0.15) is 17.6 Å². The molecule has 0 unspecified atom stereocenters. The van der Waals surface area contributed by atoms with Crippen LogP contribution in [0.3, 0.4) is 0 Å². The normalized spacial score (nSPS) is 27.4.